The van der Waals surface area contributed by atoms with Crippen LogP contribution in [0, 0.1) is 0 Å². The maximum Gasteiger partial charge on any atom is 0.315 e. The average molecular weight is 206 g/mol. The molecule has 1 saturated heterocycles. The minimum atomic E-state index is -2.88. The number of rotatable bonds is 3. The molecule has 14 heavy (non-hydrogen) atoms. The van der Waals surface area contributed by atoms with Gasteiger partial charge in [0.2, 0.25) is 0 Å². The van der Waals surface area contributed by atoms with Gasteiger partial charge < -0.3 is 10.6 Å². The molecule has 2 N–H and O–H groups in total. The van der Waals surface area contributed by atoms with Crippen LogP contribution in [-0.2, 0) is 4.79 Å². The molecule has 1 unspecified atom stereocenters. The van der Waals surface area contributed by atoms with E-state index in [0.29, 0.717) is 19.5 Å². The summed E-state index contributed by atoms with van der Waals surface area (Å²) in [6, 6.07) is -0.0738. The molecule has 0 aromatic carbocycles. The molecule has 0 radical (unpaired) electrons. The van der Waals surface area contributed by atoms with Crippen LogP contribution in [0.5, 0.6) is 0 Å². The van der Waals surface area contributed by atoms with Gasteiger partial charge in [0.25, 0.3) is 5.91 Å². The van der Waals surface area contributed by atoms with Crippen molar-refractivity contribution in [3.05, 3.63) is 0 Å². The predicted octanol–water partition coefficient (Wildman–Crippen LogP) is 0.981. The van der Waals surface area contributed by atoms with E-state index in [0.717, 1.165) is 19.3 Å². The van der Waals surface area contributed by atoms with Crippen molar-refractivity contribution < 1.29 is 13.6 Å². The molecule has 1 aliphatic rings. The molecule has 1 amide bonds. The number of amides is 1. The Morgan fingerprint density at radius 2 is 2.21 bits per heavy atom. The van der Waals surface area contributed by atoms with Crippen LogP contribution in [0.15, 0.2) is 0 Å². The first-order valence-electron chi connectivity index (χ1n) is 4.95. The van der Waals surface area contributed by atoms with E-state index in [9.17, 15) is 13.6 Å². The second-order valence-electron chi connectivity index (χ2n) is 3.56. The van der Waals surface area contributed by atoms with Gasteiger partial charge in [-0.2, -0.15) is 8.78 Å². The molecule has 82 valence electrons. The second-order valence-corrected chi connectivity index (χ2v) is 3.56. The number of hydrogen-bond donors (Lipinski definition) is 1. The molecule has 0 aromatic heterocycles. The number of likely N-dealkylation sites (tertiary alicyclic amines) is 1. The molecule has 5 heteroatoms. The number of nitrogens with two attached hydrogens (primary N) is 1. The highest BCUT2D eigenvalue weighted by atomic mass is 19.3. The topological polar surface area (TPSA) is 46.3 Å². The summed E-state index contributed by atoms with van der Waals surface area (Å²) in [5.41, 5.74) is 5.37. The lowest BCUT2D eigenvalue weighted by Gasteiger charge is -2.35. The summed E-state index contributed by atoms with van der Waals surface area (Å²) in [6.07, 6.45) is 0.360. The Morgan fingerprint density at radius 1 is 1.50 bits per heavy atom. The summed E-state index contributed by atoms with van der Waals surface area (Å²) >= 11 is 0. The number of hydrogen-bond acceptors (Lipinski definition) is 2. The minimum Gasteiger partial charge on any atom is -0.335 e. The smallest absolute Gasteiger partial charge is 0.315 e. The highest BCUT2D eigenvalue weighted by Crippen LogP contribution is 2.20. The molecular weight excluding hydrogens is 190 g/mol. The van der Waals surface area contributed by atoms with Crippen molar-refractivity contribution in [2.45, 2.75) is 38.2 Å². The molecule has 1 aliphatic heterocycles. The Kier molecular flexibility index (Phi) is 4.25. The third kappa shape index (κ3) is 2.64. The number of nitrogens with zero attached hydrogens (tertiary/aromatic N) is 1. The van der Waals surface area contributed by atoms with Gasteiger partial charge in [0, 0.05) is 12.6 Å². The lowest BCUT2D eigenvalue weighted by Crippen LogP contribution is -2.47. The lowest BCUT2D eigenvalue weighted by atomic mass is 9.99. The summed E-state index contributed by atoms with van der Waals surface area (Å²) in [5.74, 6) is -1.04. The fourth-order valence-corrected chi connectivity index (χ4v) is 1.91. The van der Waals surface area contributed by atoms with Gasteiger partial charge >= 0.3 is 6.43 Å². The number of alkyl halides is 2. The first kappa shape index (κ1) is 11.4. The van der Waals surface area contributed by atoms with E-state index in [1.54, 1.807) is 0 Å². The van der Waals surface area contributed by atoms with E-state index in [1.165, 1.54) is 4.90 Å². The van der Waals surface area contributed by atoms with E-state index in [1.807, 2.05) is 0 Å². The predicted molar refractivity (Wildman–Crippen MR) is 49.0 cm³/mol. The van der Waals surface area contributed by atoms with E-state index in [-0.39, 0.29) is 6.04 Å². The monoisotopic (exact) mass is 206 g/mol. The first-order valence-corrected chi connectivity index (χ1v) is 4.95. The molecule has 0 aliphatic carbocycles. The second kappa shape index (κ2) is 5.24. The van der Waals surface area contributed by atoms with Crippen LogP contribution in [0.4, 0.5) is 8.78 Å². The van der Waals surface area contributed by atoms with Crippen LogP contribution in [0.2, 0.25) is 0 Å². The van der Waals surface area contributed by atoms with Gasteiger partial charge in [0.05, 0.1) is 0 Å². The van der Waals surface area contributed by atoms with E-state index in [2.05, 4.69) is 0 Å². The summed E-state index contributed by atoms with van der Waals surface area (Å²) in [5, 5.41) is 0. The third-order valence-corrected chi connectivity index (χ3v) is 2.60. The molecule has 1 fully saturated rings. The molecule has 0 spiro atoms. The standard InChI is InChI=1S/C9H16F2N2O/c10-8(11)9(14)13-6-2-1-3-7(13)4-5-12/h7-8H,1-6,12H2. The average Bonchev–Trinajstić information content (AvgIpc) is 2.18. The van der Waals surface area contributed by atoms with Gasteiger partial charge in [0.15, 0.2) is 0 Å². The maximum atomic E-state index is 12.2. The Balaban J connectivity index is 2.57. The lowest BCUT2D eigenvalue weighted by molar-refractivity contribution is -0.146. The van der Waals surface area contributed by atoms with Crippen LogP contribution in [-0.4, -0.2) is 36.4 Å². The highest BCUT2D eigenvalue weighted by molar-refractivity contribution is 5.79. The summed E-state index contributed by atoms with van der Waals surface area (Å²) in [7, 11) is 0. The number of piperidine rings is 1. The molecule has 1 atom stereocenters. The van der Waals surface area contributed by atoms with E-state index in [4.69, 9.17) is 5.73 Å². The van der Waals surface area contributed by atoms with Crippen molar-refractivity contribution in [1.29, 1.82) is 0 Å². The largest absolute Gasteiger partial charge is 0.335 e. The summed E-state index contributed by atoms with van der Waals surface area (Å²) < 4.78 is 24.4. The molecule has 1 heterocycles. The van der Waals surface area contributed by atoms with Crippen molar-refractivity contribution in [2.24, 2.45) is 5.73 Å². The van der Waals surface area contributed by atoms with Crippen LogP contribution >= 0.6 is 0 Å². The first-order chi connectivity index (χ1) is 6.66. The maximum absolute atomic E-state index is 12.2. The zero-order chi connectivity index (χ0) is 10.6. The molecule has 0 bridgehead atoms. The van der Waals surface area contributed by atoms with Gasteiger partial charge in [-0.3, -0.25) is 4.79 Å². The molecule has 1 rings (SSSR count). The molecule has 0 saturated carbocycles. The van der Waals surface area contributed by atoms with E-state index >= 15 is 0 Å². The van der Waals surface area contributed by atoms with Crippen LogP contribution in [0.3, 0.4) is 0 Å². The van der Waals surface area contributed by atoms with Crippen molar-refractivity contribution in [2.75, 3.05) is 13.1 Å². The Labute approximate surface area is 82.2 Å². The fourth-order valence-electron chi connectivity index (χ4n) is 1.91. The van der Waals surface area contributed by atoms with Crippen molar-refractivity contribution in [1.82, 2.24) is 4.90 Å². The Hall–Kier alpha value is -0.710. The Bertz CT molecular complexity index is 197. The van der Waals surface area contributed by atoms with Crippen LogP contribution in [0.25, 0.3) is 0 Å². The van der Waals surface area contributed by atoms with Crippen molar-refractivity contribution >= 4 is 5.91 Å². The zero-order valence-corrected chi connectivity index (χ0v) is 8.09. The zero-order valence-electron chi connectivity index (χ0n) is 8.09. The molecule has 0 aromatic rings. The highest BCUT2D eigenvalue weighted by Gasteiger charge is 2.30. The summed E-state index contributed by atoms with van der Waals surface area (Å²) in [6.45, 7) is 0.894. The van der Waals surface area contributed by atoms with Gasteiger partial charge in [-0.15, -0.1) is 0 Å². The minimum absolute atomic E-state index is 0.0738. The van der Waals surface area contributed by atoms with Gasteiger partial charge in [0.1, 0.15) is 0 Å². The SMILES string of the molecule is NCCC1CCCCN1C(=O)C(F)F. The number of carbonyl (C=O) groups excluding carboxylic acids is 1. The quantitative estimate of drug-likeness (QED) is 0.748. The normalized spacial score (nSPS) is 22.9. The van der Waals surface area contributed by atoms with E-state index < -0.39 is 12.3 Å². The fraction of sp³-hybridized carbons (Fsp3) is 0.889. The number of halogens is 2. The van der Waals surface area contributed by atoms with Gasteiger partial charge in [-0.1, -0.05) is 0 Å². The van der Waals surface area contributed by atoms with Crippen molar-refractivity contribution in [3.63, 3.8) is 0 Å². The summed E-state index contributed by atoms with van der Waals surface area (Å²) in [4.78, 5) is 12.4. The third-order valence-electron chi connectivity index (χ3n) is 2.60. The van der Waals surface area contributed by atoms with Crippen molar-refractivity contribution in [3.8, 4) is 0 Å². The number of carbonyl (C=O) groups is 1. The van der Waals surface area contributed by atoms with Crippen LogP contribution < -0.4 is 5.73 Å². The van der Waals surface area contributed by atoms with Gasteiger partial charge in [-0.25, -0.2) is 0 Å². The molecular formula is C9H16F2N2O. The Morgan fingerprint density at radius 3 is 2.79 bits per heavy atom. The molecule has 3 nitrogen and oxygen atoms in total. The van der Waals surface area contributed by atoms with Gasteiger partial charge in [-0.05, 0) is 32.2 Å². The van der Waals surface area contributed by atoms with Crippen LogP contribution in [0.1, 0.15) is 25.7 Å².